The fourth-order valence-corrected chi connectivity index (χ4v) is 3.92. The Labute approximate surface area is 156 Å². The molecule has 3 aromatic rings. The van der Waals surface area contributed by atoms with Gasteiger partial charge in [0.25, 0.3) is 0 Å². The highest BCUT2D eigenvalue weighted by atomic mass is 16.5. The van der Waals surface area contributed by atoms with Crippen LogP contribution in [0.25, 0.3) is 16.8 Å². The van der Waals surface area contributed by atoms with Crippen molar-refractivity contribution in [2.24, 2.45) is 5.92 Å². The average molecular weight is 348 g/mol. The van der Waals surface area contributed by atoms with Crippen molar-refractivity contribution >= 4 is 5.52 Å². The highest BCUT2D eigenvalue weighted by molar-refractivity contribution is 5.65. The summed E-state index contributed by atoms with van der Waals surface area (Å²) in [6, 6.07) is 19.1. The molecule has 0 amide bonds. The summed E-state index contributed by atoms with van der Waals surface area (Å²) in [6.45, 7) is 3.21. The van der Waals surface area contributed by atoms with Crippen molar-refractivity contribution in [2.45, 2.75) is 32.1 Å². The number of nitrogens with zero attached hydrogens (tertiary/aromatic N) is 1. The third-order valence-corrected chi connectivity index (χ3v) is 5.45. The van der Waals surface area contributed by atoms with Crippen molar-refractivity contribution < 1.29 is 4.74 Å². The Morgan fingerprint density at radius 3 is 2.58 bits per heavy atom. The maximum atomic E-state index is 5.94. The second-order valence-corrected chi connectivity index (χ2v) is 7.28. The third kappa shape index (κ3) is 4.10. The SMILES string of the molecule is c1cc(-c2ccc(OCCCCC3CCNCC3)cc2)n2cccc2c1. The molecule has 26 heavy (non-hydrogen) atoms. The van der Waals surface area contributed by atoms with Gasteiger partial charge in [0.2, 0.25) is 0 Å². The van der Waals surface area contributed by atoms with Crippen LogP contribution < -0.4 is 10.1 Å². The van der Waals surface area contributed by atoms with Crippen molar-refractivity contribution in [3.05, 3.63) is 60.8 Å². The van der Waals surface area contributed by atoms with Gasteiger partial charge in [-0.2, -0.15) is 0 Å². The van der Waals surface area contributed by atoms with Crippen LogP contribution in [0.2, 0.25) is 0 Å². The number of rotatable bonds is 7. The van der Waals surface area contributed by atoms with E-state index in [1.165, 1.54) is 55.5 Å². The summed E-state index contributed by atoms with van der Waals surface area (Å²) in [6.07, 6.45) is 8.57. The van der Waals surface area contributed by atoms with Gasteiger partial charge in [-0.1, -0.05) is 12.5 Å². The Morgan fingerprint density at radius 2 is 1.73 bits per heavy atom. The molecule has 4 rings (SSSR count). The van der Waals surface area contributed by atoms with Gasteiger partial charge in [0.05, 0.1) is 12.3 Å². The standard InChI is InChI=1S/C23H28N2O/c1(5-19-13-15-24-16-14-19)2-18-26-22-11-9-20(10-12-22)23-8-3-6-21-7-4-17-25(21)23/h3-4,6-12,17,19,24H,1-2,5,13-16,18H2. The molecule has 0 unspecified atom stereocenters. The number of benzene rings is 1. The largest absolute Gasteiger partial charge is 0.494 e. The second kappa shape index (κ2) is 8.41. The number of ether oxygens (including phenoxy) is 1. The lowest BCUT2D eigenvalue weighted by atomic mass is 9.93. The molecule has 1 aliphatic rings. The second-order valence-electron chi connectivity index (χ2n) is 7.28. The van der Waals surface area contributed by atoms with Crippen molar-refractivity contribution in [3.8, 4) is 17.0 Å². The van der Waals surface area contributed by atoms with E-state index < -0.39 is 0 Å². The third-order valence-electron chi connectivity index (χ3n) is 5.45. The smallest absolute Gasteiger partial charge is 0.119 e. The first-order chi connectivity index (χ1) is 12.9. The Morgan fingerprint density at radius 1 is 0.923 bits per heavy atom. The van der Waals surface area contributed by atoms with E-state index in [9.17, 15) is 0 Å². The van der Waals surface area contributed by atoms with Crippen LogP contribution in [0.5, 0.6) is 5.75 Å². The van der Waals surface area contributed by atoms with Gasteiger partial charge in [0, 0.05) is 11.7 Å². The summed E-state index contributed by atoms with van der Waals surface area (Å²) < 4.78 is 8.16. The quantitative estimate of drug-likeness (QED) is 0.597. The fraction of sp³-hybridized carbons (Fsp3) is 0.391. The molecule has 3 nitrogen and oxygen atoms in total. The maximum absolute atomic E-state index is 5.94. The van der Waals surface area contributed by atoms with Crippen molar-refractivity contribution in [2.75, 3.05) is 19.7 Å². The van der Waals surface area contributed by atoms with E-state index in [1.54, 1.807) is 0 Å². The van der Waals surface area contributed by atoms with E-state index in [1.807, 2.05) is 0 Å². The monoisotopic (exact) mass is 348 g/mol. The molecule has 1 aliphatic heterocycles. The number of fused-ring (bicyclic) bond motifs is 1. The molecule has 1 saturated heterocycles. The van der Waals surface area contributed by atoms with E-state index in [0.29, 0.717) is 0 Å². The summed E-state index contributed by atoms with van der Waals surface area (Å²) in [5.74, 6) is 1.89. The molecular formula is C23H28N2O. The van der Waals surface area contributed by atoms with Gasteiger partial charge in [-0.15, -0.1) is 0 Å². The minimum absolute atomic E-state index is 0.817. The minimum atomic E-state index is 0.817. The number of hydrogen-bond donors (Lipinski definition) is 1. The van der Waals surface area contributed by atoms with Gasteiger partial charge in [-0.05, 0) is 98.8 Å². The molecule has 0 saturated carbocycles. The molecule has 1 aromatic carbocycles. The topological polar surface area (TPSA) is 25.7 Å². The summed E-state index contributed by atoms with van der Waals surface area (Å²) in [7, 11) is 0. The lowest BCUT2D eigenvalue weighted by Gasteiger charge is -2.22. The van der Waals surface area contributed by atoms with E-state index in [4.69, 9.17) is 4.74 Å². The van der Waals surface area contributed by atoms with E-state index in [-0.39, 0.29) is 0 Å². The van der Waals surface area contributed by atoms with Gasteiger partial charge in [0.15, 0.2) is 0 Å². The predicted molar refractivity (Wildman–Crippen MR) is 108 cm³/mol. The molecule has 1 N–H and O–H groups in total. The number of piperidine rings is 1. The zero-order valence-corrected chi connectivity index (χ0v) is 15.4. The molecule has 3 heterocycles. The first kappa shape index (κ1) is 17.2. The molecule has 2 aromatic heterocycles. The van der Waals surface area contributed by atoms with Crippen LogP contribution in [0, 0.1) is 5.92 Å². The Hall–Kier alpha value is -2.26. The minimum Gasteiger partial charge on any atom is -0.494 e. The molecule has 3 heteroatoms. The summed E-state index contributed by atoms with van der Waals surface area (Å²) in [5.41, 5.74) is 3.64. The lowest BCUT2D eigenvalue weighted by Crippen LogP contribution is -2.27. The van der Waals surface area contributed by atoms with Crippen LogP contribution in [-0.2, 0) is 0 Å². The van der Waals surface area contributed by atoms with E-state index >= 15 is 0 Å². The number of pyridine rings is 1. The van der Waals surface area contributed by atoms with Crippen molar-refractivity contribution in [1.82, 2.24) is 9.72 Å². The number of unbranched alkanes of at least 4 members (excludes halogenated alkanes) is 1. The van der Waals surface area contributed by atoms with Crippen molar-refractivity contribution in [1.29, 1.82) is 0 Å². The zero-order chi connectivity index (χ0) is 17.6. The predicted octanol–water partition coefficient (Wildman–Crippen LogP) is 5.16. The average Bonchev–Trinajstić information content (AvgIpc) is 3.18. The fourth-order valence-electron chi connectivity index (χ4n) is 3.92. The van der Waals surface area contributed by atoms with Crippen LogP contribution in [0.3, 0.4) is 0 Å². The van der Waals surface area contributed by atoms with Crippen LogP contribution >= 0.6 is 0 Å². The molecular weight excluding hydrogens is 320 g/mol. The zero-order valence-electron chi connectivity index (χ0n) is 15.4. The normalized spacial score (nSPS) is 15.4. The van der Waals surface area contributed by atoms with Crippen LogP contribution in [-0.4, -0.2) is 24.1 Å². The van der Waals surface area contributed by atoms with Gasteiger partial charge >= 0.3 is 0 Å². The maximum Gasteiger partial charge on any atom is 0.119 e. The number of aromatic nitrogens is 1. The molecule has 0 radical (unpaired) electrons. The molecule has 0 bridgehead atoms. The van der Waals surface area contributed by atoms with E-state index in [2.05, 4.69) is 70.5 Å². The van der Waals surface area contributed by atoms with Gasteiger partial charge in [-0.25, -0.2) is 0 Å². The van der Waals surface area contributed by atoms with Crippen LogP contribution in [0.15, 0.2) is 60.8 Å². The molecule has 0 spiro atoms. The number of hydrogen-bond acceptors (Lipinski definition) is 2. The van der Waals surface area contributed by atoms with Gasteiger partial charge in [0.1, 0.15) is 5.75 Å². The van der Waals surface area contributed by atoms with E-state index in [0.717, 1.165) is 24.7 Å². The molecule has 1 fully saturated rings. The van der Waals surface area contributed by atoms with Crippen LogP contribution in [0.4, 0.5) is 0 Å². The molecule has 0 aliphatic carbocycles. The van der Waals surface area contributed by atoms with Gasteiger partial charge in [-0.3, -0.25) is 0 Å². The highest BCUT2D eigenvalue weighted by Crippen LogP contribution is 2.24. The molecule has 136 valence electrons. The summed E-state index contributed by atoms with van der Waals surface area (Å²) in [5, 5.41) is 3.44. The number of nitrogens with one attached hydrogen (secondary N) is 1. The first-order valence-corrected chi connectivity index (χ1v) is 9.90. The summed E-state index contributed by atoms with van der Waals surface area (Å²) in [4.78, 5) is 0. The first-order valence-electron chi connectivity index (χ1n) is 9.90. The Balaban J connectivity index is 1.27. The molecule has 0 atom stereocenters. The Bertz CT molecular complexity index is 816. The summed E-state index contributed by atoms with van der Waals surface area (Å²) >= 11 is 0. The van der Waals surface area contributed by atoms with Crippen LogP contribution in [0.1, 0.15) is 32.1 Å². The van der Waals surface area contributed by atoms with Crippen molar-refractivity contribution in [3.63, 3.8) is 0 Å². The Kier molecular flexibility index (Phi) is 5.56. The van der Waals surface area contributed by atoms with Gasteiger partial charge < -0.3 is 14.5 Å². The highest BCUT2D eigenvalue weighted by Gasteiger charge is 2.12. The lowest BCUT2D eigenvalue weighted by molar-refractivity contribution is 0.287.